The molecule has 3 aromatic rings. The summed E-state index contributed by atoms with van der Waals surface area (Å²) in [6.45, 7) is 5.09. The fourth-order valence-electron chi connectivity index (χ4n) is 7.17. The van der Waals surface area contributed by atoms with Crippen molar-refractivity contribution in [2.75, 3.05) is 39.9 Å². The first-order chi connectivity index (χ1) is 22.8. The molecule has 0 bridgehead atoms. The molecular weight excluding hydrogens is 594 g/mol. The summed E-state index contributed by atoms with van der Waals surface area (Å²) in [5.41, 5.74) is 10.3. The molecule has 0 spiro atoms. The second-order valence-corrected chi connectivity index (χ2v) is 12.2. The van der Waals surface area contributed by atoms with E-state index >= 15 is 0 Å². The van der Waals surface area contributed by atoms with Gasteiger partial charge in [-0.15, -0.1) is 0 Å². The van der Waals surface area contributed by atoms with Crippen molar-refractivity contribution >= 4 is 23.2 Å². The van der Waals surface area contributed by atoms with Crippen LogP contribution in [-0.4, -0.2) is 67.2 Å². The highest BCUT2D eigenvalue weighted by atomic mass is 16.6. The molecule has 10 heteroatoms. The number of nitrogens with two attached hydrogens (primary N) is 1. The first-order valence-corrected chi connectivity index (χ1v) is 16.2. The zero-order valence-corrected chi connectivity index (χ0v) is 27.1. The Morgan fingerprint density at radius 3 is 2.11 bits per heavy atom. The minimum absolute atomic E-state index is 0.0276. The predicted molar refractivity (Wildman–Crippen MR) is 182 cm³/mol. The number of hydrogen-bond acceptors (Lipinski definition) is 7. The normalized spacial score (nSPS) is 19.6. The zero-order valence-electron chi connectivity index (χ0n) is 27.1. The molecule has 2 aliphatic rings. The summed E-state index contributed by atoms with van der Waals surface area (Å²) in [4.78, 5) is 44.7. The fourth-order valence-corrected chi connectivity index (χ4v) is 7.17. The van der Waals surface area contributed by atoms with E-state index < -0.39 is 22.7 Å². The molecular formula is C37H43N5O5. The summed E-state index contributed by atoms with van der Waals surface area (Å²) in [6, 6.07) is 27.4. The van der Waals surface area contributed by atoms with Gasteiger partial charge in [0.25, 0.3) is 5.69 Å². The zero-order chi connectivity index (χ0) is 33.4. The number of nitrogens with one attached hydrogen (secondary N) is 1. The number of primary amides is 1. The van der Waals surface area contributed by atoms with Crippen molar-refractivity contribution < 1.29 is 19.2 Å². The number of hydrogen-bond donors (Lipinski definition) is 2. The Balaban J connectivity index is 1.28. The van der Waals surface area contributed by atoms with Crippen molar-refractivity contribution in [3.8, 4) is 0 Å². The van der Waals surface area contributed by atoms with Gasteiger partial charge >= 0.3 is 0 Å². The minimum Gasteiger partial charge on any atom is -0.378 e. The molecule has 2 amide bonds. The summed E-state index contributed by atoms with van der Waals surface area (Å²) in [6.07, 6.45) is 3.20. The lowest BCUT2D eigenvalue weighted by Gasteiger charge is -2.43. The van der Waals surface area contributed by atoms with Crippen LogP contribution in [0.1, 0.15) is 55.2 Å². The van der Waals surface area contributed by atoms with Gasteiger partial charge in [0.05, 0.1) is 23.1 Å². The maximum atomic E-state index is 13.9. The number of rotatable bonds is 13. The summed E-state index contributed by atoms with van der Waals surface area (Å²) in [5, 5.41) is 14.4. The number of amides is 2. The maximum absolute atomic E-state index is 13.9. The van der Waals surface area contributed by atoms with Crippen LogP contribution in [0.25, 0.3) is 0 Å². The monoisotopic (exact) mass is 637 g/mol. The van der Waals surface area contributed by atoms with Crippen LogP contribution in [0.5, 0.6) is 0 Å². The van der Waals surface area contributed by atoms with Gasteiger partial charge in [0.1, 0.15) is 0 Å². The number of carbonyl (C=O) groups is 2. The second kappa shape index (κ2) is 15.3. The van der Waals surface area contributed by atoms with Gasteiger partial charge in [-0.25, -0.2) is 0 Å². The second-order valence-electron chi connectivity index (χ2n) is 12.2. The molecule has 0 aliphatic carbocycles. The first-order valence-electron chi connectivity index (χ1n) is 16.2. The van der Waals surface area contributed by atoms with Gasteiger partial charge in [0, 0.05) is 48.4 Å². The number of likely N-dealkylation sites (tertiary alicyclic amines) is 1. The molecule has 2 heterocycles. The van der Waals surface area contributed by atoms with Gasteiger partial charge in [-0.3, -0.25) is 24.7 Å². The van der Waals surface area contributed by atoms with Gasteiger partial charge in [-0.2, -0.15) is 0 Å². The van der Waals surface area contributed by atoms with Crippen molar-refractivity contribution in [1.29, 1.82) is 0 Å². The number of piperidine rings is 1. The summed E-state index contributed by atoms with van der Waals surface area (Å²) < 4.78 is 5.41. The van der Waals surface area contributed by atoms with Gasteiger partial charge in [0.2, 0.25) is 11.8 Å². The van der Waals surface area contributed by atoms with Gasteiger partial charge in [-0.05, 0) is 62.0 Å². The first kappa shape index (κ1) is 33.7. The molecule has 3 aromatic carbocycles. The van der Waals surface area contributed by atoms with E-state index in [1.54, 1.807) is 12.1 Å². The van der Waals surface area contributed by atoms with Crippen molar-refractivity contribution in [3.05, 3.63) is 123 Å². The summed E-state index contributed by atoms with van der Waals surface area (Å²) in [5.74, 6) is -2.58. The van der Waals surface area contributed by atoms with Crippen LogP contribution in [0.4, 0.5) is 5.69 Å². The lowest BCUT2D eigenvalue weighted by atomic mass is 9.68. The average molecular weight is 638 g/mol. The number of nitro groups is 1. The van der Waals surface area contributed by atoms with Crippen molar-refractivity contribution in [2.24, 2.45) is 16.6 Å². The Bertz CT molecular complexity index is 1570. The molecule has 47 heavy (non-hydrogen) atoms. The molecule has 0 saturated carbocycles. The number of nitrogens with zero attached hydrogens (tertiary/aromatic N) is 3. The average Bonchev–Trinajstić information content (AvgIpc) is 3.10. The molecule has 2 atom stereocenters. The lowest BCUT2D eigenvalue weighted by Crippen LogP contribution is -2.44. The van der Waals surface area contributed by atoms with Gasteiger partial charge < -0.3 is 20.7 Å². The van der Waals surface area contributed by atoms with Crippen LogP contribution in [0.15, 0.2) is 101 Å². The highest BCUT2D eigenvalue weighted by molar-refractivity contribution is 6.09. The third-order valence-corrected chi connectivity index (χ3v) is 9.55. The number of aliphatic imine (C=N–C) groups is 1. The Morgan fingerprint density at radius 2 is 1.60 bits per heavy atom. The number of methoxy groups -OCH3 is 1. The lowest BCUT2D eigenvalue weighted by molar-refractivity contribution is -0.384. The Hall–Kier alpha value is -4.67. The Kier molecular flexibility index (Phi) is 11.0. The van der Waals surface area contributed by atoms with Crippen LogP contribution >= 0.6 is 0 Å². The minimum atomic E-state index is -0.870. The molecule has 2 aliphatic heterocycles. The number of benzene rings is 3. The van der Waals surface area contributed by atoms with E-state index in [4.69, 9.17) is 10.5 Å². The van der Waals surface area contributed by atoms with Crippen LogP contribution in [0.2, 0.25) is 0 Å². The van der Waals surface area contributed by atoms with Crippen LogP contribution in [0.3, 0.4) is 0 Å². The molecule has 1 fully saturated rings. The van der Waals surface area contributed by atoms with Crippen molar-refractivity contribution in [1.82, 2.24) is 10.2 Å². The van der Waals surface area contributed by atoms with E-state index in [-0.39, 0.29) is 23.6 Å². The number of ether oxygens (including phenoxy) is 1. The highest BCUT2D eigenvalue weighted by Crippen LogP contribution is 2.42. The molecule has 3 N–H and O–H groups in total. The van der Waals surface area contributed by atoms with Gasteiger partial charge in [0.15, 0.2) is 0 Å². The fraction of sp³-hybridized carbons (Fsp3) is 0.378. The van der Waals surface area contributed by atoms with E-state index in [1.807, 2.05) is 6.92 Å². The number of carbonyl (C=O) groups excluding carboxylic acids is 2. The SMILES string of the molecule is CCC1=NC(COC)=C(C(=O)NCCCN2CCC(c3ccccc3)(c3ccccc3)CC2)C(c2ccc([N+](=O)[O-])cc2)C1C(N)=O. The van der Waals surface area contributed by atoms with Gasteiger partial charge in [-0.1, -0.05) is 79.7 Å². The molecule has 5 rings (SSSR count). The van der Waals surface area contributed by atoms with E-state index in [1.165, 1.54) is 30.4 Å². The van der Waals surface area contributed by atoms with Crippen molar-refractivity contribution in [3.63, 3.8) is 0 Å². The molecule has 1 saturated heterocycles. The quantitative estimate of drug-likeness (QED) is 0.151. The predicted octanol–water partition coefficient (Wildman–Crippen LogP) is 5.13. The smallest absolute Gasteiger partial charge is 0.269 e. The molecule has 2 unspecified atom stereocenters. The van der Waals surface area contributed by atoms with E-state index in [9.17, 15) is 19.7 Å². The van der Waals surface area contributed by atoms with E-state index in [2.05, 4.69) is 75.9 Å². The van der Waals surface area contributed by atoms with Crippen LogP contribution in [0, 0.1) is 16.0 Å². The van der Waals surface area contributed by atoms with Crippen molar-refractivity contribution in [2.45, 2.75) is 43.9 Å². The van der Waals surface area contributed by atoms with Crippen LogP contribution in [-0.2, 0) is 19.7 Å². The standard InChI is InChI=1S/C37H43N5O5/c1-3-30-33(35(38)43)32(26-15-17-29(18-16-26)42(45)46)34(31(40-30)25-47-2)36(44)39-21-10-22-41-23-19-37(20-24-41,27-11-6-4-7-12-27)28-13-8-5-9-14-28/h4-9,11-18,32-33H,3,10,19-25H2,1-2H3,(H2,38,43)(H,39,44). The molecule has 10 nitrogen and oxygen atoms in total. The highest BCUT2D eigenvalue weighted by Gasteiger charge is 2.42. The Morgan fingerprint density at radius 1 is 1.00 bits per heavy atom. The number of nitro benzene ring substituents is 1. The summed E-state index contributed by atoms with van der Waals surface area (Å²) >= 11 is 0. The Labute approximate surface area is 275 Å². The molecule has 0 aromatic heterocycles. The largest absolute Gasteiger partial charge is 0.378 e. The van der Waals surface area contributed by atoms with Crippen LogP contribution < -0.4 is 11.1 Å². The number of non-ortho nitro benzene ring substituents is 1. The molecule has 246 valence electrons. The topological polar surface area (TPSA) is 140 Å². The van der Waals surface area contributed by atoms with E-state index in [0.29, 0.717) is 35.5 Å². The maximum Gasteiger partial charge on any atom is 0.269 e. The van der Waals surface area contributed by atoms with E-state index in [0.717, 1.165) is 38.9 Å². The molecule has 0 radical (unpaired) electrons. The summed E-state index contributed by atoms with van der Waals surface area (Å²) in [7, 11) is 1.52. The third-order valence-electron chi connectivity index (χ3n) is 9.55. The third kappa shape index (κ3) is 7.34.